The molecule has 0 bridgehead atoms. The Balaban J connectivity index is 2.86. The molecule has 0 saturated carbocycles. The van der Waals surface area contributed by atoms with Crippen molar-refractivity contribution in [2.45, 2.75) is 18.7 Å². The van der Waals surface area contributed by atoms with Crippen LogP contribution in [0.5, 0.6) is 0 Å². The van der Waals surface area contributed by atoms with E-state index in [9.17, 15) is 0 Å². The lowest BCUT2D eigenvalue weighted by molar-refractivity contribution is 0.234. The SMILES string of the molecule is CC(C)(Cl)CN=C(NO)c1ccc(Cl)cc1. The van der Waals surface area contributed by atoms with Gasteiger partial charge in [-0.1, -0.05) is 11.6 Å². The van der Waals surface area contributed by atoms with Crippen molar-refractivity contribution in [2.24, 2.45) is 4.99 Å². The molecule has 88 valence electrons. The Kier molecular flexibility index (Phi) is 4.59. The van der Waals surface area contributed by atoms with E-state index in [-0.39, 0.29) is 0 Å². The second-order valence-electron chi connectivity index (χ2n) is 4.00. The predicted octanol–water partition coefficient (Wildman–Crippen LogP) is 3.08. The molecule has 0 heterocycles. The van der Waals surface area contributed by atoms with E-state index in [0.717, 1.165) is 5.56 Å². The highest BCUT2D eigenvalue weighted by molar-refractivity contribution is 6.30. The minimum Gasteiger partial charge on any atom is -0.290 e. The maximum absolute atomic E-state index is 8.99. The molecule has 1 rings (SSSR count). The highest BCUT2D eigenvalue weighted by Crippen LogP contribution is 2.14. The van der Waals surface area contributed by atoms with Gasteiger partial charge in [-0.05, 0) is 38.1 Å². The summed E-state index contributed by atoms with van der Waals surface area (Å²) in [5, 5.41) is 9.63. The van der Waals surface area contributed by atoms with E-state index in [4.69, 9.17) is 28.4 Å². The number of alkyl halides is 1. The van der Waals surface area contributed by atoms with Gasteiger partial charge in [0.2, 0.25) is 0 Å². The number of amidine groups is 1. The summed E-state index contributed by atoms with van der Waals surface area (Å²) in [5.74, 6) is 0.380. The number of rotatable bonds is 3. The molecule has 16 heavy (non-hydrogen) atoms. The molecule has 2 N–H and O–H groups in total. The first-order valence-corrected chi connectivity index (χ1v) is 5.57. The summed E-state index contributed by atoms with van der Waals surface area (Å²) >= 11 is 11.8. The van der Waals surface area contributed by atoms with Crippen LogP contribution in [0.3, 0.4) is 0 Å². The molecular weight excluding hydrogens is 247 g/mol. The quantitative estimate of drug-likeness (QED) is 0.380. The van der Waals surface area contributed by atoms with Crippen molar-refractivity contribution < 1.29 is 5.21 Å². The Hall–Kier alpha value is -0.770. The Morgan fingerprint density at radius 2 is 1.94 bits per heavy atom. The first kappa shape index (κ1) is 13.3. The maximum Gasteiger partial charge on any atom is 0.152 e. The molecule has 0 amide bonds. The first-order valence-electron chi connectivity index (χ1n) is 4.82. The van der Waals surface area contributed by atoms with Crippen LogP contribution >= 0.6 is 23.2 Å². The number of aliphatic imine (C=N–C) groups is 1. The summed E-state index contributed by atoms with van der Waals surface area (Å²) < 4.78 is 0. The summed E-state index contributed by atoms with van der Waals surface area (Å²) in [6, 6.07) is 7.00. The molecule has 3 nitrogen and oxygen atoms in total. The smallest absolute Gasteiger partial charge is 0.152 e. The van der Waals surface area contributed by atoms with Crippen molar-refractivity contribution in [1.82, 2.24) is 5.48 Å². The molecule has 0 spiro atoms. The maximum atomic E-state index is 8.99. The minimum atomic E-state index is -0.436. The highest BCUT2D eigenvalue weighted by atomic mass is 35.5. The Morgan fingerprint density at radius 1 is 1.38 bits per heavy atom. The van der Waals surface area contributed by atoms with E-state index >= 15 is 0 Å². The van der Waals surface area contributed by atoms with Gasteiger partial charge in [0.25, 0.3) is 0 Å². The van der Waals surface area contributed by atoms with Crippen LogP contribution in [-0.4, -0.2) is 22.5 Å². The molecule has 0 aliphatic carbocycles. The topological polar surface area (TPSA) is 44.6 Å². The van der Waals surface area contributed by atoms with Crippen LogP contribution in [0.1, 0.15) is 19.4 Å². The van der Waals surface area contributed by atoms with Gasteiger partial charge >= 0.3 is 0 Å². The van der Waals surface area contributed by atoms with Gasteiger partial charge in [-0.15, -0.1) is 11.6 Å². The van der Waals surface area contributed by atoms with Crippen LogP contribution in [0.25, 0.3) is 0 Å². The van der Waals surface area contributed by atoms with Crippen LogP contribution < -0.4 is 5.48 Å². The third kappa shape index (κ3) is 4.39. The molecule has 0 aliphatic heterocycles. The van der Waals surface area contributed by atoms with Crippen molar-refractivity contribution in [3.8, 4) is 0 Å². The number of halogens is 2. The van der Waals surface area contributed by atoms with Crippen molar-refractivity contribution >= 4 is 29.0 Å². The van der Waals surface area contributed by atoms with Gasteiger partial charge in [0, 0.05) is 10.6 Å². The summed E-state index contributed by atoms with van der Waals surface area (Å²) in [5.41, 5.74) is 2.82. The molecule has 0 saturated heterocycles. The fourth-order valence-corrected chi connectivity index (χ4v) is 1.25. The lowest BCUT2D eigenvalue weighted by Crippen LogP contribution is -2.24. The number of hydrogen-bond acceptors (Lipinski definition) is 2. The van der Waals surface area contributed by atoms with Crippen LogP contribution in [0.15, 0.2) is 29.3 Å². The summed E-state index contributed by atoms with van der Waals surface area (Å²) in [6.45, 7) is 4.11. The van der Waals surface area contributed by atoms with E-state index in [2.05, 4.69) is 10.5 Å². The third-order valence-corrected chi connectivity index (χ3v) is 2.21. The number of hydroxylamine groups is 1. The fourth-order valence-electron chi connectivity index (χ4n) is 1.07. The fraction of sp³-hybridized carbons (Fsp3) is 0.364. The van der Waals surface area contributed by atoms with Gasteiger partial charge in [0.15, 0.2) is 5.84 Å². The van der Waals surface area contributed by atoms with Gasteiger partial charge in [-0.3, -0.25) is 15.7 Å². The van der Waals surface area contributed by atoms with Gasteiger partial charge in [0.1, 0.15) is 0 Å². The zero-order valence-corrected chi connectivity index (χ0v) is 10.7. The average molecular weight is 261 g/mol. The number of benzene rings is 1. The number of nitrogens with one attached hydrogen (secondary N) is 1. The summed E-state index contributed by atoms with van der Waals surface area (Å²) in [6.07, 6.45) is 0. The van der Waals surface area contributed by atoms with Crippen LogP contribution in [0.2, 0.25) is 5.02 Å². The Bertz CT molecular complexity index is 369. The zero-order chi connectivity index (χ0) is 12.2. The predicted molar refractivity (Wildman–Crippen MR) is 67.7 cm³/mol. The number of hydrogen-bond donors (Lipinski definition) is 2. The van der Waals surface area contributed by atoms with E-state index < -0.39 is 4.87 Å². The summed E-state index contributed by atoms with van der Waals surface area (Å²) in [4.78, 5) is 3.76. The molecule has 1 aromatic carbocycles. The van der Waals surface area contributed by atoms with Gasteiger partial charge < -0.3 is 0 Å². The standard InChI is InChI=1S/C11H14Cl2N2O/c1-11(2,13)7-14-10(15-16)8-3-5-9(12)6-4-8/h3-6,16H,7H2,1-2H3,(H,14,15). The van der Waals surface area contributed by atoms with Crippen molar-refractivity contribution in [2.75, 3.05) is 6.54 Å². The van der Waals surface area contributed by atoms with Crippen LogP contribution in [0, 0.1) is 0 Å². The van der Waals surface area contributed by atoms with Crippen molar-refractivity contribution in [3.63, 3.8) is 0 Å². The number of nitrogens with zero attached hydrogens (tertiary/aromatic N) is 1. The molecule has 0 aromatic heterocycles. The molecule has 5 heteroatoms. The molecule has 0 atom stereocenters. The molecule has 0 unspecified atom stereocenters. The van der Waals surface area contributed by atoms with Crippen molar-refractivity contribution in [1.29, 1.82) is 0 Å². The molecule has 0 aliphatic rings. The average Bonchev–Trinajstić information content (AvgIpc) is 2.20. The Morgan fingerprint density at radius 3 is 2.38 bits per heavy atom. The van der Waals surface area contributed by atoms with Gasteiger partial charge in [0.05, 0.1) is 11.4 Å². The lowest BCUT2D eigenvalue weighted by atomic mass is 10.2. The lowest BCUT2D eigenvalue weighted by Gasteiger charge is -2.13. The first-order chi connectivity index (χ1) is 7.42. The second kappa shape index (κ2) is 5.53. The van der Waals surface area contributed by atoms with E-state index in [1.54, 1.807) is 24.3 Å². The van der Waals surface area contributed by atoms with Gasteiger partial charge in [-0.25, -0.2) is 0 Å². The van der Waals surface area contributed by atoms with E-state index in [1.165, 1.54) is 0 Å². The van der Waals surface area contributed by atoms with E-state index in [0.29, 0.717) is 17.4 Å². The minimum absolute atomic E-state index is 0.380. The largest absolute Gasteiger partial charge is 0.290 e. The van der Waals surface area contributed by atoms with Crippen LogP contribution in [0.4, 0.5) is 0 Å². The molecule has 0 fully saturated rings. The van der Waals surface area contributed by atoms with Gasteiger partial charge in [-0.2, -0.15) is 0 Å². The third-order valence-electron chi connectivity index (χ3n) is 1.84. The molecule has 1 aromatic rings. The van der Waals surface area contributed by atoms with Crippen molar-refractivity contribution in [3.05, 3.63) is 34.9 Å². The zero-order valence-electron chi connectivity index (χ0n) is 9.17. The Labute approximate surface area is 105 Å². The second-order valence-corrected chi connectivity index (χ2v) is 5.46. The van der Waals surface area contributed by atoms with Crippen LogP contribution in [-0.2, 0) is 0 Å². The molecular formula is C11H14Cl2N2O. The highest BCUT2D eigenvalue weighted by Gasteiger charge is 2.13. The van der Waals surface area contributed by atoms with E-state index in [1.807, 2.05) is 13.8 Å². The summed E-state index contributed by atoms with van der Waals surface area (Å²) in [7, 11) is 0. The monoisotopic (exact) mass is 260 g/mol. The normalized spacial score (nSPS) is 12.7. The molecule has 0 radical (unpaired) electrons.